The van der Waals surface area contributed by atoms with Crippen molar-refractivity contribution in [2.75, 3.05) is 25.1 Å². The first-order valence-electron chi connectivity index (χ1n) is 11.6. The number of pyridine rings is 1. The molecule has 0 atom stereocenters. The van der Waals surface area contributed by atoms with Crippen LogP contribution >= 0.6 is 11.6 Å². The third-order valence-corrected chi connectivity index (χ3v) is 8.02. The lowest BCUT2D eigenvalue weighted by Gasteiger charge is -2.27. The molecule has 0 amide bonds. The monoisotopic (exact) mass is 558 g/mol. The number of benzene rings is 3. The van der Waals surface area contributed by atoms with Crippen molar-refractivity contribution in [1.29, 1.82) is 0 Å². The number of methoxy groups -OCH3 is 2. The molecule has 0 N–H and O–H groups in total. The minimum absolute atomic E-state index is 0.00206. The fourth-order valence-electron chi connectivity index (χ4n) is 4.07. The van der Waals surface area contributed by atoms with Gasteiger partial charge in [-0.05, 0) is 60.2 Å². The third kappa shape index (κ3) is 5.89. The summed E-state index contributed by atoms with van der Waals surface area (Å²) >= 11 is 6.25. The van der Waals surface area contributed by atoms with Gasteiger partial charge in [0, 0.05) is 47.9 Å². The highest BCUT2D eigenvalue weighted by molar-refractivity contribution is 7.92. The van der Waals surface area contributed by atoms with E-state index in [1.165, 1.54) is 61.0 Å². The molecule has 0 radical (unpaired) electrons. The van der Waals surface area contributed by atoms with Crippen molar-refractivity contribution in [2.45, 2.75) is 17.7 Å². The van der Waals surface area contributed by atoms with Crippen molar-refractivity contribution >= 4 is 27.3 Å². The minimum Gasteiger partial charge on any atom is -0.493 e. The highest BCUT2D eigenvalue weighted by Gasteiger charge is 2.29. The molecule has 1 aromatic heterocycles. The molecule has 3 aromatic carbocycles. The van der Waals surface area contributed by atoms with Crippen LogP contribution in [0.4, 0.5) is 14.5 Å². The molecule has 1 heterocycles. The van der Waals surface area contributed by atoms with Gasteiger partial charge in [-0.15, -0.1) is 0 Å². The Morgan fingerprint density at radius 1 is 0.895 bits per heavy atom. The molecular formula is C28H25ClF2N2O4S. The molecule has 0 unspecified atom stereocenters. The maximum absolute atomic E-state index is 14.6. The Morgan fingerprint density at radius 2 is 1.63 bits per heavy atom. The van der Waals surface area contributed by atoms with Crippen molar-refractivity contribution in [3.05, 3.63) is 112 Å². The van der Waals surface area contributed by atoms with E-state index in [4.69, 9.17) is 21.1 Å². The molecule has 0 aliphatic carbocycles. The molecule has 38 heavy (non-hydrogen) atoms. The molecule has 0 saturated heterocycles. The zero-order chi connectivity index (χ0) is 27.3. The van der Waals surface area contributed by atoms with Crippen LogP contribution in [0.25, 0.3) is 0 Å². The lowest BCUT2D eigenvalue weighted by Crippen LogP contribution is -2.34. The second-order valence-electron chi connectivity index (χ2n) is 8.32. The summed E-state index contributed by atoms with van der Waals surface area (Å²) in [5, 5.41) is 0.300. The average Bonchev–Trinajstić information content (AvgIpc) is 2.92. The SMILES string of the molecule is COc1ccc(S(=O)(=O)N(CCc2ccccn2)c2ccc(Cl)cc2Cc2c(F)cccc2F)cc1OC. The third-order valence-electron chi connectivity index (χ3n) is 5.98. The summed E-state index contributed by atoms with van der Waals surface area (Å²) in [6.45, 7) is 0.00206. The van der Waals surface area contributed by atoms with Crippen molar-refractivity contribution in [3.8, 4) is 11.5 Å². The molecule has 0 spiro atoms. The number of ether oxygens (including phenoxy) is 2. The van der Waals surface area contributed by atoms with E-state index in [2.05, 4.69) is 4.98 Å². The molecule has 0 saturated carbocycles. The molecular weight excluding hydrogens is 534 g/mol. The van der Waals surface area contributed by atoms with Crippen LogP contribution < -0.4 is 13.8 Å². The second kappa shape index (κ2) is 11.8. The topological polar surface area (TPSA) is 68.7 Å². The average molecular weight is 559 g/mol. The number of hydrogen-bond acceptors (Lipinski definition) is 5. The van der Waals surface area contributed by atoms with E-state index in [0.717, 1.165) is 12.1 Å². The van der Waals surface area contributed by atoms with Gasteiger partial charge in [-0.1, -0.05) is 23.7 Å². The van der Waals surface area contributed by atoms with Gasteiger partial charge in [-0.25, -0.2) is 17.2 Å². The number of rotatable bonds is 10. The lowest BCUT2D eigenvalue weighted by atomic mass is 10.0. The van der Waals surface area contributed by atoms with E-state index in [0.29, 0.717) is 22.0 Å². The minimum atomic E-state index is -4.19. The Kier molecular flexibility index (Phi) is 8.48. The number of nitrogens with zero attached hydrogens (tertiary/aromatic N) is 2. The molecule has 0 aliphatic heterocycles. The number of sulfonamides is 1. The van der Waals surface area contributed by atoms with E-state index in [1.807, 2.05) is 6.07 Å². The molecule has 4 aromatic rings. The number of hydrogen-bond donors (Lipinski definition) is 0. The molecule has 6 nitrogen and oxygen atoms in total. The highest BCUT2D eigenvalue weighted by Crippen LogP contribution is 2.35. The largest absolute Gasteiger partial charge is 0.493 e. The van der Waals surface area contributed by atoms with E-state index in [-0.39, 0.29) is 41.3 Å². The van der Waals surface area contributed by atoms with Gasteiger partial charge in [0.05, 0.1) is 24.8 Å². The van der Waals surface area contributed by atoms with E-state index >= 15 is 0 Å². The zero-order valence-electron chi connectivity index (χ0n) is 20.7. The number of anilines is 1. The van der Waals surface area contributed by atoms with Crippen LogP contribution in [0, 0.1) is 11.6 Å². The van der Waals surface area contributed by atoms with Gasteiger partial charge in [0.15, 0.2) is 11.5 Å². The van der Waals surface area contributed by atoms with Gasteiger partial charge >= 0.3 is 0 Å². The molecule has 10 heteroatoms. The van der Waals surface area contributed by atoms with Crippen LogP contribution in [0.3, 0.4) is 0 Å². The first-order chi connectivity index (χ1) is 18.2. The lowest BCUT2D eigenvalue weighted by molar-refractivity contribution is 0.354. The van der Waals surface area contributed by atoms with Crippen molar-refractivity contribution in [3.63, 3.8) is 0 Å². The fourth-order valence-corrected chi connectivity index (χ4v) is 5.78. The van der Waals surface area contributed by atoms with E-state index < -0.39 is 21.7 Å². The predicted molar refractivity (Wildman–Crippen MR) is 143 cm³/mol. The maximum atomic E-state index is 14.6. The Balaban J connectivity index is 1.84. The predicted octanol–water partition coefficient (Wildman–Crippen LogP) is 6.06. The number of halogens is 3. The van der Waals surface area contributed by atoms with Crippen LogP contribution in [0.15, 0.2) is 83.9 Å². The summed E-state index contributed by atoms with van der Waals surface area (Å²) in [7, 11) is -1.33. The van der Waals surface area contributed by atoms with Gasteiger partial charge < -0.3 is 9.47 Å². The maximum Gasteiger partial charge on any atom is 0.264 e. The first-order valence-corrected chi connectivity index (χ1v) is 13.4. The van der Waals surface area contributed by atoms with Crippen molar-refractivity contribution in [1.82, 2.24) is 4.98 Å². The van der Waals surface area contributed by atoms with Gasteiger partial charge in [0.25, 0.3) is 10.0 Å². The summed E-state index contributed by atoms with van der Waals surface area (Å²) in [5.74, 6) is -0.867. The normalized spacial score (nSPS) is 11.3. The molecule has 0 bridgehead atoms. The molecule has 198 valence electrons. The van der Waals surface area contributed by atoms with Gasteiger partial charge in [-0.2, -0.15) is 0 Å². The van der Waals surface area contributed by atoms with E-state index in [9.17, 15) is 17.2 Å². The first kappa shape index (κ1) is 27.3. The quantitative estimate of drug-likeness (QED) is 0.237. The standard InChI is InChI=1S/C28H25ClF2N2O4S/c1-36-27-12-10-22(18-28(27)37-2)38(34,35)33(15-13-21-6-3-4-14-32-21)26-11-9-20(29)16-19(26)17-23-24(30)7-5-8-25(23)31/h3-12,14,16,18H,13,15,17H2,1-2H3. The van der Waals surface area contributed by atoms with Crippen molar-refractivity contribution < 1.29 is 26.7 Å². The Bertz CT molecular complexity index is 1520. The smallest absolute Gasteiger partial charge is 0.264 e. The van der Waals surface area contributed by atoms with Gasteiger partial charge in [-0.3, -0.25) is 9.29 Å². The summed E-state index contributed by atoms with van der Waals surface area (Å²) in [4.78, 5) is 4.25. The molecule has 0 aliphatic rings. The van der Waals surface area contributed by atoms with Crippen LogP contribution in [-0.2, 0) is 22.9 Å². The van der Waals surface area contributed by atoms with Gasteiger partial charge in [0.2, 0.25) is 0 Å². The number of aromatic nitrogens is 1. The van der Waals surface area contributed by atoms with Crippen LogP contribution in [0.1, 0.15) is 16.8 Å². The molecule has 0 fully saturated rings. The zero-order valence-corrected chi connectivity index (χ0v) is 22.3. The van der Waals surface area contributed by atoms with Crippen molar-refractivity contribution in [2.24, 2.45) is 0 Å². The van der Waals surface area contributed by atoms with Crippen LogP contribution in [0.2, 0.25) is 5.02 Å². The second-order valence-corrected chi connectivity index (χ2v) is 10.6. The van der Waals surface area contributed by atoms with E-state index in [1.54, 1.807) is 18.3 Å². The van der Waals surface area contributed by atoms with Crippen LogP contribution in [0.5, 0.6) is 11.5 Å². The fraction of sp³-hybridized carbons (Fsp3) is 0.179. The summed E-state index contributed by atoms with van der Waals surface area (Å²) in [6.07, 6.45) is 1.69. The van der Waals surface area contributed by atoms with Crippen LogP contribution in [-0.4, -0.2) is 34.2 Å². The summed E-state index contributed by atoms with van der Waals surface area (Å²) < 4.78 is 69.0. The Morgan fingerprint density at radius 3 is 2.29 bits per heavy atom. The Labute approximate surface area is 225 Å². The van der Waals surface area contributed by atoms with Gasteiger partial charge in [0.1, 0.15) is 11.6 Å². The summed E-state index contributed by atoms with van der Waals surface area (Å²) in [6, 6.07) is 17.8. The molecule has 4 rings (SSSR count). The Hall–Kier alpha value is -3.69. The highest BCUT2D eigenvalue weighted by atomic mass is 35.5. The summed E-state index contributed by atoms with van der Waals surface area (Å²) in [5.41, 5.74) is 1.06.